The summed E-state index contributed by atoms with van der Waals surface area (Å²) in [6.45, 7) is 3.79. The van der Waals surface area contributed by atoms with Gasteiger partial charge in [-0.15, -0.1) is 0 Å². The Labute approximate surface area is 122 Å². The number of carboxylic acid groups (broad SMARTS) is 1. The molecule has 0 saturated heterocycles. The molecule has 0 saturated carbocycles. The summed E-state index contributed by atoms with van der Waals surface area (Å²) in [6.07, 6.45) is 0.262. The molecule has 0 radical (unpaired) electrons. The van der Waals surface area contributed by atoms with Crippen LogP contribution in [0.15, 0.2) is 18.2 Å². The van der Waals surface area contributed by atoms with Crippen LogP contribution in [-0.4, -0.2) is 29.1 Å². The van der Waals surface area contributed by atoms with E-state index in [0.717, 1.165) is 17.5 Å². The van der Waals surface area contributed by atoms with Crippen molar-refractivity contribution in [3.63, 3.8) is 0 Å². The number of carbonyl (C=O) groups excluding carboxylic acids is 2. The Bertz CT molecular complexity index is 557. The van der Waals surface area contributed by atoms with Gasteiger partial charge in [0.05, 0.1) is 6.42 Å². The van der Waals surface area contributed by atoms with Crippen LogP contribution in [0.1, 0.15) is 24.5 Å². The van der Waals surface area contributed by atoms with Crippen LogP contribution in [0.5, 0.6) is 0 Å². The first-order valence-corrected chi connectivity index (χ1v) is 6.52. The SMILES string of the molecule is CCc1cccc(C)c1NC(=O)N[C@H](CC(N)=O)C(=O)O. The lowest BCUT2D eigenvalue weighted by atomic mass is 10.1. The van der Waals surface area contributed by atoms with E-state index in [4.69, 9.17) is 10.8 Å². The van der Waals surface area contributed by atoms with Crippen molar-refractivity contribution in [1.82, 2.24) is 5.32 Å². The first-order valence-electron chi connectivity index (χ1n) is 6.52. The zero-order valence-electron chi connectivity index (χ0n) is 12.0. The van der Waals surface area contributed by atoms with Gasteiger partial charge in [-0.2, -0.15) is 0 Å². The summed E-state index contributed by atoms with van der Waals surface area (Å²) >= 11 is 0. The van der Waals surface area contributed by atoms with Crippen LogP contribution in [0.2, 0.25) is 0 Å². The maximum atomic E-state index is 11.9. The molecule has 7 nitrogen and oxygen atoms in total. The fourth-order valence-electron chi connectivity index (χ4n) is 1.91. The molecule has 1 atom stereocenters. The van der Waals surface area contributed by atoms with Crippen molar-refractivity contribution in [2.45, 2.75) is 32.7 Å². The minimum absolute atomic E-state index is 0.461. The summed E-state index contributed by atoms with van der Waals surface area (Å²) in [7, 11) is 0. The van der Waals surface area contributed by atoms with Gasteiger partial charge in [-0.1, -0.05) is 25.1 Å². The van der Waals surface area contributed by atoms with E-state index in [0.29, 0.717) is 5.69 Å². The monoisotopic (exact) mass is 293 g/mol. The average Bonchev–Trinajstić information content (AvgIpc) is 2.39. The molecule has 0 aromatic heterocycles. The number of nitrogens with two attached hydrogens (primary N) is 1. The second kappa shape index (κ2) is 7.28. The minimum Gasteiger partial charge on any atom is -0.480 e. The van der Waals surface area contributed by atoms with Crippen molar-refractivity contribution < 1.29 is 19.5 Å². The molecular formula is C14H19N3O4. The number of anilines is 1. The lowest BCUT2D eigenvalue weighted by Gasteiger charge is -2.16. The molecule has 0 aliphatic heterocycles. The quantitative estimate of drug-likeness (QED) is 0.625. The summed E-state index contributed by atoms with van der Waals surface area (Å²) in [5.41, 5.74) is 7.40. The number of benzene rings is 1. The molecule has 21 heavy (non-hydrogen) atoms. The van der Waals surface area contributed by atoms with Crippen molar-refractivity contribution in [1.29, 1.82) is 0 Å². The molecule has 0 aliphatic rings. The van der Waals surface area contributed by atoms with Crippen LogP contribution in [0.3, 0.4) is 0 Å². The van der Waals surface area contributed by atoms with Gasteiger partial charge in [0, 0.05) is 5.69 Å². The molecule has 0 unspecified atom stereocenters. The third-order valence-electron chi connectivity index (χ3n) is 2.99. The third kappa shape index (κ3) is 4.79. The number of hydrogen-bond acceptors (Lipinski definition) is 3. The number of urea groups is 1. The molecule has 0 aliphatic carbocycles. The van der Waals surface area contributed by atoms with Crippen LogP contribution in [0, 0.1) is 6.92 Å². The Morgan fingerprint density at radius 2 is 2.00 bits per heavy atom. The van der Waals surface area contributed by atoms with E-state index in [1.807, 2.05) is 32.0 Å². The number of aliphatic carboxylic acids is 1. The normalized spacial score (nSPS) is 11.5. The third-order valence-corrected chi connectivity index (χ3v) is 2.99. The molecule has 0 fully saturated rings. The number of hydrogen-bond donors (Lipinski definition) is 4. The highest BCUT2D eigenvalue weighted by atomic mass is 16.4. The summed E-state index contributed by atoms with van der Waals surface area (Å²) in [4.78, 5) is 33.6. The van der Waals surface area contributed by atoms with E-state index in [2.05, 4.69) is 10.6 Å². The summed E-state index contributed by atoms with van der Waals surface area (Å²) in [5, 5.41) is 13.8. The number of nitrogens with one attached hydrogen (secondary N) is 2. The zero-order chi connectivity index (χ0) is 16.0. The van der Waals surface area contributed by atoms with Crippen molar-refractivity contribution in [3.05, 3.63) is 29.3 Å². The van der Waals surface area contributed by atoms with Crippen molar-refractivity contribution in [3.8, 4) is 0 Å². The zero-order valence-corrected chi connectivity index (χ0v) is 12.0. The number of carboxylic acids is 1. The molecule has 1 aromatic rings. The van der Waals surface area contributed by atoms with Gasteiger partial charge in [0.25, 0.3) is 0 Å². The lowest BCUT2D eigenvalue weighted by Crippen LogP contribution is -2.45. The topological polar surface area (TPSA) is 122 Å². The Hall–Kier alpha value is -2.57. The van der Waals surface area contributed by atoms with Crippen LogP contribution < -0.4 is 16.4 Å². The standard InChI is InChI=1S/C14H19N3O4/c1-3-9-6-4-5-8(2)12(9)17-14(21)16-10(13(19)20)7-11(15)18/h4-6,10H,3,7H2,1-2H3,(H2,15,18)(H,19,20)(H2,16,17,21)/t10-/m1/s1. The molecule has 114 valence electrons. The van der Waals surface area contributed by atoms with Gasteiger partial charge in [-0.05, 0) is 24.5 Å². The number of primary amides is 1. The molecule has 1 rings (SSSR count). The van der Waals surface area contributed by atoms with Crippen molar-refractivity contribution >= 4 is 23.6 Å². The molecule has 1 aromatic carbocycles. The van der Waals surface area contributed by atoms with Crippen molar-refractivity contribution in [2.75, 3.05) is 5.32 Å². The fraction of sp³-hybridized carbons (Fsp3) is 0.357. The predicted octanol–water partition coefficient (Wildman–Crippen LogP) is 1.01. The molecule has 0 spiro atoms. The van der Waals surface area contributed by atoms with Crippen molar-refractivity contribution in [2.24, 2.45) is 5.73 Å². The number of rotatable bonds is 6. The Kier molecular flexibility index (Phi) is 5.71. The molecule has 0 heterocycles. The summed E-state index contributed by atoms with van der Waals surface area (Å²) in [5.74, 6) is -2.11. The smallest absolute Gasteiger partial charge is 0.326 e. The first-order chi connectivity index (χ1) is 9.85. The summed E-state index contributed by atoms with van der Waals surface area (Å²) in [6, 6.07) is 3.56. The van der Waals surface area contributed by atoms with E-state index in [1.165, 1.54) is 0 Å². The van der Waals surface area contributed by atoms with Gasteiger partial charge in [-0.25, -0.2) is 9.59 Å². The second-order valence-electron chi connectivity index (χ2n) is 4.62. The minimum atomic E-state index is -1.35. The second-order valence-corrected chi connectivity index (χ2v) is 4.62. The lowest BCUT2D eigenvalue weighted by molar-refractivity contribution is -0.140. The highest BCUT2D eigenvalue weighted by Gasteiger charge is 2.22. The van der Waals surface area contributed by atoms with E-state index >= 15 is 0 Å². The van der Waals surface area contributed by atoms with E-state index in [-0.39, 0.29) is 0 Å². The van der Waals surface area contributed by atoms with Crippen LogP contribution in [-0.2, 0) is 16.0 Å². The van der Waals surface area contributed by atoms with Crippen LogP contribution in [0.25, 0.3) is 0 Å². The van der Waals surface area contributed by atoms with Gasteiger partial charge < -0.3 is 21.5 Å². The largest absolute Gasteiger partial charge is 0.480 e. The Balaban J connectivity index is 2.81. The molecule has 7 heteroatoms. The predicted molar refractivity (Wildman–Crippen MR) is 77.9 cm³/mol. The Morgan fingerprint density at radius 1 is 1.33 bits per heavy atom. The number of amides is 3. The Morgan fingerprint density at radius 3 is 2.52 bits per heavy atom. The van der Waals surface area contributed by atoms with Gasteiger partial charge in [0.1, 0.15) is 6.04 Å². The maximum absolute atomic E-state index is 11.9. The highest BCUT2D eigenvalue weighted by molar-refractivity contribution is 5.94. The fourth-order valence-corrected chi connectivity index (χ4v) is 1.91. The van der Waals surface area contributed by atoms with Crippen LogP contribution >= 0.6 is 0 Å². The summed E-state index contributed by atoms with van der Waals surface area (Å²) < 4.78 is 0. The molecule has 3 amide bonds. The molecular weight excluding hydrogens is 274 g/mol. The number of para-hydroxylation sites is 1. The average molecular weight is 293 g/mol. The van der Waals surface area contributed by atoms with Crippen LogP contribution in [0.4, 0.5) is 10.5 Å². The van der Waals surface area contributed by atoms with E-state index in [1.54, 1.807) is 0 Å². The van der Waals surface area contributed by atoms with E-state index in [9.17, 15) is 14.4 Å². The van der Waals surface area contributed by atoms with Gasteiger partial charge in [0.15, 0.2) is 0 Å². The van der Waals surface area contributed by atoms with Gasteiger partial charge in [-0.3, -0.25) is 4.79 Å². The van der Waals surface area contributed by atoms with Gasteiger partial charge >= 0.3 is 12.0 Å². The molecule has 0 bridgehead atoms. The highest BCUT2D eigenvalue weighted by Crippen LogP contribution is 2.20. The number of carbonyl (C=O) groups is 3. The number of aryl methyl sites for hydroxylation is 2. The first kappa shape index (κ1) is 16.5. The maximum Gasteiger partial charge on any atom is 0.326 e. The molecule has 5 N–H and O–H groups in total. The van der Waals surface area contributed by atoms with Gasteiger partial charge in [0.2, 0.25) is 5.91 Å². The van der Waals surface area contributed by atoms with E-state index < -0.39 is 30.4 Å².